The maximum absolute atomic E-state index is 11.3. The van der Waals surface area contributed by atoms with Gasteiger partial charge in [0.2, 0.25) is 5.54 Å². The summed E-state index contributed by atoms with van der Waals surface area (Å²) in [6.07, 6.45) is 3.33. The van der Waals surface area contributed by atoms with Crippen LogP contribution in [0.4, 0.5) is 0 Å². The van der Waals surface area contributed by atoms with E-state index in [-0.39, 0.29) is 4.92 Å². The highest BCUT2D eigenvalue weighted by molar-refractivity contribution is 5.25. The van der Waals surface area contributed by atoms with Gasteiger partial charge in [0.05, 0.1) is 0 Å². The number of rotatable bonds is 1. The molecular formula is C10H18N4O2. The zero-order valence-electron chi connectivity index (χ0n) is 9.24. The Morgan fingerprint density at radius 3 is 1.38 bits per heavy atom. The molecule has 4 aliphatic rings. The minimum atomic E-state index is -0.965. The number of nitrogens with two attached hydrogens (primary N) is 3. The summed E-state index contributed by atoms with van der Waals surface area (Å²) in [4.78, 5) is 11.1. The third-order valence-corrected chi connectivity index (χ3v) is 4.54. The smallest absolute Gasteiger partial charge is 0.227 e. The van der Waals surface area contributed by atoms with Gasteiger partial charge in [-0.25, -0.2) is 0 Å². The molecule has 0 aromatic carbocycles. The van der Waals surface area contributed by atoms with E-state index < -0.39 is 22.2 Å². The Labute approximate surface area is 93.7 Å². The summed E-state index contributed by atoms with van der Waals surface area (Å²) in [5, 5.41) is 11.3. The molecule has 16 heavy (non-hydrogen) atoms. The van der Waals surface area contributed by atoms with E-state index in [1.165, 1.54) is 0 Å². The Bertz CT molecular complexity index is 329. The van der Waals surface area contributed by atoms with Gasteiger partial charge in [0.1, 0.15) is 0 Å². The predicted octanol–water partition coefficient (Wildman–Crippen LogP) is -0.524. The van der Waals surface area contributed by atoms with Crippen LogP contribution in [0.5, 0.6) is 0 Å². The second kappa shape index (κ2) is 2.42. The van der Waals surface area contributed by atoms with Crippen molar-refractivity contribution < 1.29 is 4.92 Å². The van der Waals surface area contributed by atoms with Crippen LogP contribution >= 0.6 is 0 Å². The largest absolute Gasteiger partial charge is 0.325 e. The third kappa shape index (κ3) is 1.18. The van der Waals surface area contributed by atoms with Crippen LogP contribution in [0.15, 0.2) is 0 Å². The molecule has 6 N–H and O–H groups in total. The highest BCUT2D eigenvalue weighted by atomic mass is 16.6. The van der Waals surface area contributed by atoms with Crippen molar-refractivity contribution in [2.45, 2.75) is 60.7 Å². The molecule has 4 aliphatic carbocycles. The van der Waals surface area contributed by atoms with E-state index in [1.54, 1.807) is 0 Å². The van der Waals surface area contributed by atoms with Crippen molar-refractivity contribution in [1.29, 1.82) is 0 Å². The van der Waals surface area contributed by atoms with Crippen LogP contribution in [0.3, 0.4) is 0 Å². The lowest BCUT2D eigenvalue weighted by Crippen LogP contribution is -2.79. The van der Waals surface area contributed by atoms with E-state index in [4.69, 9.17) is 17.2 Å². The van der Waals surface area contributed by atoms with Crippen LogP contribution in [-0.2, 0) is 0 Å². The molecule has 0 atom stereocenters. The molecule has 0 spiro atoms. The molecule has 4 saturated carbocycles. The van der Waals surface area contributed by atoms with Crippen molar-refractivity contribution in [3.05, 3.63) is 10.1 Å². The molecule has 0 amide bonds. The van der Waals surface area contributed by atoms with E-state index in [2.05, 4.69) is 0 Å². The van der Waals surface area contributed by atoms with Gasteiger partial charge in [-0.15, -0.1) is 0 Å². The van der Waals surface area contributed by atoms with Crippen LogP contribution in [0.25, 0.3) is 0 Å². The molecule has 0 radical (unpaired) electrons. The van der Waals surface area contributed by atoms with Crippen LogP contribution in [-0.4, -0.2) is 27.1 Å². The van der Waals surface area contributed by atoms with Crippen molar-refractivity contribution in [1.82, 2.24) is 0 Å². The van der Waals surface area contributed by atoms with E-state index in [1.807, 2.05) is 0 Å². The van der Waals surface area contributed by atoms with Gasteiger partial charge in [0.25, 0.3) is 0 Å². The lowest BCUT2D eigenvalue weighted by molar-refractivity contribution is -0.589. The molecule has 0 aliphatic heterocycles. The van der Waals surface area contributed by atoms with Crippen LogP contribution in [0.1, 0.15) is 38.5 Å². The summed E-state index contributed by atoms with van der Waals surface area (Å²) in [5.74, 6) is 0. The molecule has 0 unspecified atom stereocenters. The second-order valence-corrected chi connectivity index (χ2v) is 6.63. The van der Waals surface area contributed by atoms with Gasteiger partial charge in [0.15, 0.2) is 0 Å². The van der Waals surface area contributed by atoms with Crippen LogP contribution in [0.2, 0.25) is 0 Å². The van der Waals surface area contributed by atoms with Crippen LogP contribution in [0, 0.1) is 10.1 Å². The first-order valence-corrected chi connectivity index (χ1v) is 5.70. The average molecular weight is 226 g/mol. The molecule has 6 heteroatoms. The fourth-order valence-corrected chi connectivity index (χ4v) is 5.01. The van der Waals surface area contributed by atoms with Crippen molar-refractivity contribution in [2.75, 3.05) is 0 Å². The lowest BCUT2D eigenvalue weighted by Gasteiger charge is -2.64. The molecule has 0 aromatic heterocycles. The number of nitrogens with zero attached hydrogens (tertiary/aromatic N) is 1. The lowest BCUT2D eigenvalue weighted by atomic mass is 9.45. The second-order valence-electron chi connectivity index (χ2n) is 6.63. The summed E-state index contributed by atoms with van der Waals surface area (Å²) in [6, 6.07) is 0. The van der Waals surface area contributed by atoms with Gasteiger partial charge >= 0.3 is 0 Å². The Hall–Kier alpha value is -0.720. The average Bonchev–Trinajstić information content (AvgIpc) is 1.92. The van der Waals surface area contributed by atoms with Crippen molar-refractivity contribution in [3.63, 3.8) is 0 Å². The highest BCUT2D eigenvalue weighted by Gasteiger charge is 2.70. The number of hydrogen-bond donors (Lipinski definition) is 3. The SMILES string of the molecule is NC12CC3(N)CC(N)(C1)CC([N+](=O)[O-])(C2)C3. The summed E-state index contributed by atoms with van der Waals surface area (Å²) in [6.45, 7) is 0. The van der Waals surface area contributed by atoms with E-state index >= 15 is 0 Å². The summed E-state index contributed by atoms with van der Waals surface area (Å²) >= 11 is 0. The molecular weight excluding hydrogens is 208 g/mol. The van der Waals surface area contributed by atoms with E-state index in [0.717, 1.165) is 0 Å². The molecule has 0 heterocycles. The minimum absolute atomic E-state index is 0.185. The van der Waals surface area contributed by atoms with Crippen molar-refractivity contribution >= 4 is 0 Å². The van der Waals surface area contributed by atoms with Gasteiger partial charge in [-0.1, -0.05) is 0 Å². The Kier molecular flexibility index (Phi) is 1.58. The Balaban J connectivity index is 2.11. The fourth-order valence-electron chi connectivity index (χ4n) is 5.01. The molecule has 0 aromatic rings. The summed E-state index contributed by atoms with van der Waals surface area (Å²) in [5.41, 5.74) is 16.2. The molecule has 6 nitrogen and oxygen atoms in total. The quantitative estimate of drug-likeness (QED) is 0.410. The highest BCUT2D eigenvalue weighted by Crippen LogP contribution is 2.59. The molecule has 4 bridgehead atoms. The first kappa shape index (κ1) is 10.4. The van der Waals surface area contributed by atoms with Gasteiger partial charge < -0.3 is 17.2 Å². The normalized spacial score (nSPS) is 58.9. The zero-order chi connectivity index (χ0) is 11.8. The van der Waals surface area contributed by atoms with Gasteiger partial charge in [0, 0.05) is 40.8 Å². The zero-order valence-corrected chi connectivity index (χ0v) is 9.24. The molecule has 4 fully saturated rings. The predicted molar refractivity (Wildman–Crippen MR) is 58.2 cm³/mol. The molecule has 4 rings (SSSR count). The van der Waals surface area contributed by atoms with Crippen LogP contribution < -0.4 is 17.2 Å². The van der Waals surface area contributed by atoms with Gasteiger partial charge in [-0.05, 0) is 19.3 Å². The number of hydrogen-bond acceptors (Lipinski definition) is 5. The fraction of sp³-hybridized carbons (Fsp3) is 1.00. The first-order valence-electron chi connectivity index (χ1n) is 5.70. The van der Waals surface area contributed by atoms with E-state index in [9.17, 15) is 10.1 Å². The van der Waals surface area contributed by atoms with Crippen molar-refractivity contribution in [3.8, 4) is 0 Å². The van der Waals surface area contributed by atoms with Gasteiger partial charge in [-0.2, -0.15) is 0 Å². The van der Waals surface area contributed by atoms with Gasteiger partial charge in [-0.3, -0.25) is 10.1 Å². The number of nitro groups is 1. The molecule has 90 valence electrons. The maximum atomic E-state index is 11.3. The van der Waals surface area contributed by atoms with E-state index in [0.29, 0.717) is 38.5 Å². The Morgan fingerprint density at radius 2 is 1.12 bits per heavy atom. The Morgan fingerprint density at radius 1 is 0.812 bits per heavy atom. The minimum Gasteiger partial charge on any atom is -0.325 e. The topological polar surface area (TPSA) is 121 Å². The monoisotopic (exact) mass is 226 g/mol. The molecule has 0 saturated heterocycles. The summed E-state index contributed by atoms with van der Waals surface area (Å²) < 4.78 is 0. The summed E-state index contributed by atoms with van der Waals surface area (Å²) in [7, 11) is 0. The third-order valence-electron chi connectivity index (χ3n) is 4.54. The van der Waals surface area contributed by atoms with Crippen molar-refractivity contribution in [2.24, 2.45) is 17.2 Å². The standard InChI is InChI=1S/C10H18N4O2/c11-7-1-8(12)3-9(13,2-7)6-10(4-7,5-8)14(15)16/h1-6,11-13H2. The maximum Gasteiger partial charge on any atom is 0.227 e. The first-order chi connectivity index (χ1) is 7.19.